The maximum Gasteiger partial charge on any atom is 0.321 e. The molecule has 0 unspecified atom stereocenters. The minimum Gasteiger partial charge on any atom is -0.494 e. The molecule has 32 heavy (non-hydrogen) atoms. The quantitative estimate of drug-likeness (QED) is 0.289. The van der Waals surface area contributed by atoms with Gasteiger partial charge in [0.2, 0.25) is 5.91 Å². The molecule has 1 heterocycles. The third kappa shape index (κ3) is 5.86. The largest absolute Gasteiger partial charge is 0.494 e. The van der Waals surface area contributed by atoms with Crippen molar-refractivity contribution >= 4 is 34.6 Å². The summed E-state index contributed by atoms with van der Waals surface area (Å²) in [5, 5.41) is 5.56. The second-order valence-electron chi connectivity index (χ2n) is 6.56. The minimum absolute atomic E-state index is 0.0977. The highest BCUT2D eigenvalue weighted by atomic mass is 32.2. The Bertz CT molecular complexity index is 1150. The molecule has 0 spiro atoms. The molecule has 2 aromatic carbocycles. The topological polar surface area (TPSA) is 112 Å². The van der Waals surface area contributed by atoms with Crippen LogP contribution in [0.2, 0.25) is 0 Å². The Kier molecular flexibility index (Phi) is 8.23. The fourth-order valence-corrected chi connectivity index (χ4v) is 3.71. The Balaban J connectivity index is 1.85. The number of ether oxygens (including phenoxy) is 2. The number of thioether (sulfide) groups is 1. The number of nitrogens with zero attached hydrogens (tertiary/aromatic N) is 2. The highest BCUT2D eigenvalue weighted by molar-refractivity contribution is 7.99. The van der Waals surface area contributed by atoms with Crippen LogP contribution in [0.4, 0.5) is 4.79 Å². The Hall–Kier alpha value is -3.37. The molecule has 3 rings (SSSR count). The molecular formula is C22H24N4O5S. The van der Waals surface area contributed by atoms with Crippen molar-refractivity contribution in [1.29, 1.82) is 0 Å². The van der Waals surface area contributed by atoms with Gasteiger partial charge < -0.3 is 14.8 Å². The number of fused-ring (bicyclic) bond motifs is 1. The zero-order chi connectivity index (χ0) is 22.9. The lowest BCUT2D eigenvalue weighted by atomic mass is 10.2. The van der Waals surface area contributed by atoms with Gasteiger partial charge in [-0.3, -0.25) is 19.5 Å². The zero-order valence-electron chi connectivity index (χ0n) is 17.8. The normalized spacial score (nSPS) is 10.7. The lowest BCUT2D eigenvalue weighted by molar-refractivity contribution is -0.117. The first kappa shape index (κ1) is 23.3. The second kappa shape index (κ2) is 11.3. The lowest BCUT2D eigenvalue weighted by Crippen LogP contribution is -2.41. The van der Waals surface area contributed by atoms with Crippen LogP contribution in [-0.2, 0) is 9.53 Å². The van der Waals surface area contributed by atoms with Gasteiger partial charge in [0, 0.05) is 13.7 Å². The van der Waals surface area contributed by atoms with E-state index in [2.05, 4.69) is 15.6 Å². The number of rotatable bonds is 9. The molecule has 10 heteroatoms. The smallest absolute Gasteiger partial charge is 0.321 e. The summed E-state index contributed by atoms with van der Waals surface area (Å²) in [6.07, 6.45) is 0. The van der Waals surface area contributed by atoms with Crippen LogP contribution < -0.4 is 20.9 Å². The highest BCUT2D eigenvalue weighted by Crippen LogP contribution is 2.22. The van der Waals surface area contributed by atoms with Crippen LogP contribution in [0.15, 0.2) is 58.5 Å². The maximum absolute atomic E-state index is 13.2. The third-order valence-corrected chi connectivity index (χ3v) is 5.27. The fraction of sp³-hybridized carbons (Fsp3) is 0.273. The van der Waals surface area contributed by atoms with Gasteiger partial charge in [0.25, 0.3) is 5.56 Å². The average Bonchev–Trinajstić information content (AvgIpc) is 2.79. The maximum atomic E-state index is 13.2. The number of para-hydroxylation sites is 1. The van der Waals surface area contributed by atoms with Gasteiger partial charge in [0.15, 0.2) is 5.16 Å². The third-order valence-electron chi connectivity index (χ3n) is 4.33. The van der Waals surface area contributed by atoms with Crippen molar-refractivity contribution in [2.45, 2.75) is 12.1 Å². The SMILES string of the molecule is CCOc1ccc(-n2c(SCC(=O)NC(=O)NCCOC)nc3ccccc3c2=O)cc1. The molecule has 3 amide bonds. The molecule has 0 atom stereocenters. The monoisotopic (exact) mass is 456 g/mol. The van der Waals surface area contributed by atoms with Gasteiger partial charge in [-0.2, -0.15) is 0 Å². The van der Waals surface area contributed by atoms with Crippen molar-refractivity contribution in [2.75, 3.05) is 32.6 Å². The predicted octanol–water partition coefficient (Wildman–Crippen LogP) is 2.35. The number of hydrogen-bond acceptors (Lipinski definition) is 7. The zero-order valence-corrected chi connectivity index (χ0v) is 18.6. The molecular weight excluding hydrogens is 432 g/mol. The highest BCUT2D eigenvalue weighted by Gasteiger charge is 2.16. The van der Waals surface area contributed by atoms with Crippen LogP contribution in [0.25, 0.3) is 16.6 Å². The van der Waals surface area contributed by atoms with Gasteiger partial charge in [-0.05, 0) is 43.3 Å². The van der Waals surface area contributed by atoms with Gasteiger partial charge >= 0.3 is 6.03 Å². The van der Waals surface area contributed by atoms with Crippen LogP contribution in [0, 0.1) is 0 Å². The van der Waals surface area contributed by atoms with Crippen LogP contribution in [0.5, 0.6) is 5.75 Å². The van der Waals surface area contributed by atoms with Gasteiger partial charge in [-0.15, -0.1) is 0 Å². The predicted molar refractivity (Wildman–Crippen MR) is 123 cm³/mol. The molecule has 168 valence electrons. The first-order valence-electron chi connectivity index (χ1n) is 9.98. The number of methoxy groups -OCH3 is 1. The summed E-state index contributed by atoms with van der Waals surface area (Å²) in [5.41, 5.74) is 0.872. The Labute approximate surface area is 189 Å². The van der Waals surface area contributed by atoms with E-state index >= 15 is 0 Å². The van der Waals surface area contributed by atoms with Crippen LogP contribution in [-0.4, -0.2) is 54.1 Å². The standard InChI is InChI=1S/C22H24N4O5S/c1-3-31-16-10-8-15(9-11-16)26-20(28)17-6-4-5-7-18(17)24-22(26)32-14-19(27)25-21(29)23-12-13-30-2/h4-11H,3,12-14H2,1-2H3,(H2,23,25,27,29). The van der Waals surface area contributed by atoms with E-state index in [1.807, 2.05) is 6.92 Å². The first-order valence-corrected chi connectivity index (χ1v) is 11.0. The summed E-state index contributed by atoms with van der Waals surface area (Å²) in [6.45, 7) is 3.05. The molecule has 0 aliphatic heterocycles. The minimum atomic E-state index is -0.608. The van der Waals surface area contributed by atoms with E-state index in [0.717, 1.165) is 11.8 Å². The van der Waals surface area contributed by atoms with Gasteiger partial charge in [-0.1, -0.05) is 23.9 Å². The van der Waals surface area contributed by atoms with E-state index in [1.165, 1.54) is 11.7 Å². The summed E-state index contributed by atoms with van der Waals surface area (Å²) < 4.78 is 11.8. The van der Waals surface area contributed by atoms with Crippen molar-refractivity contribution in [3.05, 3.63) is 58.9 Å². The number of benzene rings is 2. The number of amides is 3. The number of imide groups is 1. The van der Waals surface area contributed by atoms with Gasteiger partial charge in [0.05, 0.1) is 35.6 Å². The number of nitrogens with one attached hydrogen (secondary N) is 2. The van der Waals surface area contributed by atoms with E-state index < -0.39 is 11.9 Å². The molecule has 3 aromatic rings. The molecule has 0 aliphatic rings. The molecule has 0 aliphatic carbocycles. The summed E-state index contributed by atoms with van der Waals surface area (Å²) in [7, 11) is 1.52. The first-order chi connectivity index (χ1) is 15.5. The van der Waals surface area contributed by atoms with Crippen LogP contribution in [0.1, 0.15) is 6.92 Å². The van der Waals surface area contributed by atoms with Crippen molar-refractivity contribution in [1.82, 2.24) is 20.2 Å². The van der Waals surface area contributed by atoms with Crippen LogP contribution in [0.3, 0.4) is 0 Å². The fourth-order valence-electron chi connectivity index (χ4n) is 2.90. The Morgan fingerprint density at radius 1 is 1.12 bits per heavy atom. The van der Waals surface area contributed by atoms with Crippen molar-refractivity contribution in [3.8, 4) is 11.4 Å². The summed E-state index contributed by atoms with van der Waals surface area (Å²) in [6, 6.07) is 13.5. The summed E-state index contributed by atoms with van der Waals surface area (Å²) in [5.74, 6) is 0.0798. The molecule has 2 N–H and O–H groups in total. The van der Waals surface area contributed by atoms with Gasteiger partial charge in [-0.25, -0.2) is 9.78 Å². The van der Waals surface area contributed by atoms with E-state index in [-0.39, 0.29) is 17.9 Å². The van der Waals surface area contributed by atoms with E-state index in [9.17, 15) is 14.4 Å². The second-order valence-corrected chi connectivity index (χ2v) is 7.51. The summed E-state index contributed by atoms with van der Waals surface area (Å²) in [4.78, 5) is 41.8. The molecule has 0 saturated carbocycles. The number of hydrogen-bond donors (Lipinski definition) is 2. The molecule has 0 bridgehead atoms. The van der Waals surface area contributed by atoms with Crippen molar-refractivity contribution in [2.24, 2.45) is 0 Å². The number of urea groups is 1. The molecule has 0 radical (unpaired) electrons. The number of carbonyl (C=O) groups is 2. The van der Waals surface area contributed by atoms with E-state index in [0.29, 0.717) is 40.7 Å². The molecule has 0 saturated heterocycles. The lowest BCUT2D eigenvalue weighted by Gasteiger charge is -2.14. The van der Waals surface area contributed by atoms with Crippen molar-refractivity contribution in [3.63, 3.8) is 0 Å². The molecule has 0 fully saturated rings. The average molecular weight is 457 g/mol. The number of carbonyl (C=O) groups excluding carboxylic acids is 2. The molecule has 1 aromatic heterocycles. The number of aromatic nitrogens is 2. The van der Waals surface area contributed by atoms with Crippen molar-refractivity contribution < 1.29 is 19.1 Å². The summed E-state index contributed by atoms with van der Waals surface area (Å²) >= 11 is 1.07. The van der Waals surface area contributed by atoms with E-state index in [4.69, 9.17) is 9.47 Å². The Morgan fingerprint density at radius 2 is 1.88 bits per heavy atom. The Morgan fingerprint density at radius 3 is 2.59 bits per heavy atom. The van der Waals surface area contributed by atoms with Gasteiger partial charge in [0.1, 0.15) is 5.75 Å². The molecule has 9 nitrogen and oxygen atoms in total. The van der Waals surface area contributed by atoms with E-state index in [1.54, 1.807) is 48.5 Å². The van der Waals surface area contributed by atoms with Crippen LogP contribution >= 0.6 is 11.8 Å².